The predicted octanol–water partition coefficient (Wildman–Crippen LogP) is 3.23. The summed E-state index contributed by atoms with van der Waals surface area (Å²) in [5.41, 5.74) is 2.90. The molecule has 3 rings (SSSR count). The van der Waals surface area contributed by atoms with Crippen LogP contribution in [0.15, 0.2) is 28.8 Å². The van der Waals surface area contributed by atoms with Gasteiger partial charge in [-0.15, -0.1) is 0 Å². The first-order valence-corrected chi connectivity index (χ1v) is 7.89. The number of fused-ring (bicyclic) bond motifs is 1. The Kier molecular flexibility index (Phi) is 4.34. The lowest BCUT2D eigenvalue weighted by molar-refractivity contribution is 0.350. The number of aryl methyl sites for hydroxylation is 1. The zero-order chi connectivity index (χ0) is 14.7. The van der Waals surface area contributed by atoms with Crippen molar-refractivity contribution in [1.82, 2.24) is 15.5 Å². The minimum atomic E-state index is 0.390. The highest BCUT2D eigenvalue weighted by molar-refractivity contribution is 5.31. The maximum absolute atomic E-state index is 5.38. The lowest BCUT2D eigenvalue weighted by Crippen LogP contribution is -2.24. The van der Waals surface area contributed by atoms with Gasteiger partial charge in [-0.3, -0.25) is 0 Å². The van der Waals surface area contributed by atoms with Crippen LogP contribution >= 0.6 is 0 Å². The number of hydrogen-bond donors (Lipinski definition) is 1. The summed E-state index contributed by atoms with van der Waals surface area (Å²) in [7, 11) is 0. The largest absolute Gasteiger partial charge is 0.338 e. The highest BCUT2D eigenvalue weighted by atomic mass is 16.5. The molecule has 0 fully saturated rings. The summed E-state index contributed by atoms with van der Waals surface area (Å²) in [6.07, 6.45) is 4.33. The number of nitrogens with zero attached hydrogens (tertiary/aromatic N) is 2. The summed E-state index contributed by atoms with van der Waals surface area (Å²) >= 11 is 0. The van der Waals surface area contributed by atoms with E-state index in [0.29, 0.717) is 24.4 Å². The fraction of sp³-hybridized carbons (Fsp3) is 0.529. The fourth-order valence-corrected chi connectivity index (χ4v) is 2.83. The molecule has 0 saturated carbocycles. The van der Waals surface area contributed by atoms with E-state index in [-0.39, 0.29) is 0 Å². The predicted molar refractivity (Wildman–Crippen MR) is 82.1 cm³/mol. The van der Waals surface area contributed by atoms with Crippen LogP contribution in [0.25, 0.3) is 0 Å². The number of rotatable bonds is 5. The van der Waals surface area contributed by atoms with E-state index >= 15 is 0 Å². The molecule has 4 nitrogen and oxygen atoms in total. The van der Waals surface area contributed by atoms with Crippen molar-refractivity contribution in [2.45, 2.75) is 58.0 Å². The van der Waals surface area contributed by atoms with Gasteiger partial charge in [0.15, 0.2) is 5.82 Å². The van der Waals surface area contributed by atoms with Gasteiger partial charge in [-0.2, -0.15) is 4.98 Å². The molecular weight excluding hydrogens is 262 g/mol. The van der Waals surface area contributed by atoms with Crippen molar-refractivity contribution in [3.63, 3.8) is 0 Å². The first kappa shape index (κ1) is 14.3. The third kappa shape index (κ3) is 3.32. The molecule has 0 aliphatic heterocycles. The van der Waals surface area contributed by atoms with Gasteiger partial charge in [0.1, 0.15) is 0 Å². The van der Waals surface area contributed by atoms with Gasteiger partial charge in [0, 0.05) is 12.0 Å². The van der Waals surface area contributed by atoms with Crippen LogP contribution < -0.4 is 5.32 Å². The highest BCUT2D eigenvalue weighted by Gasteiger charge is 2.24. The normalized spacial score (nSPS) is 19.2. The van der Waals surface area contributed by atoms with Crippen LogP contribution in [-0.4, -0.2) is 16.2 Å². The second-order valence-corrected chi connectivity index (χ2v) is 5.94. The molecular formula is C17H23N3O. The summed E-state index contributed by atoms with van der Waals surface area (Å²) in [6.45, 7) is 4.98. The highest BCUT2D eigenvalue weighted by Crippen LogP contribution is 2.31. The third-order valence-electron chi connectivity index (χ3n) is 4.41. The van der Waals surface area contributed by atoms with Crippen LogP contribution in [-0.2, 0) is 19.4 Å². The quantitative estimate of drug-likeness (QED) is 0.916. The molecule has 0 radical (unpaired) electrons. The molecule has 0 spiro atoms. The van der Waals surface area contributed by atoms with Gasteiger partial charge in [0.25, 0.3) is 0 Å². The number of hydrogen-bond acceptors (Lipinski definition) is 4. The monoisotopic (exact) mass is 285 g/mol. The molecule has 1 aromatic carbocycles. The lowest BCUT2D eigenvalue weighted by atomic mass is 9.83. The van der Waals surface area contributed by atoms with Crippen molar-refractivity contribution in [1.29, 1.82) is 0 Å². The van der Waals surface area contributed by atoms with E-state index in [1.807, 2.05) is 0 Å². The van der Waals surface area contributed by atoms with Crippen molar-refractivity contribution >= 4 is 0 Å². The molecule has 2 unspecified atom stereocenters. The van der Waals surface area contributed by atoms with E-state index in [0.717, 1.165) is 31.5 Å². The van der Waals surface area contributed by atoms with Crippen LogP contribution in [0, 0.1) is 0 Å². The molecule has 112 valence electrons. The number of nitrogens with one attached hydrogen (secondary N) is 1. The Morgan fingerprint density at radius 1 is 1.33 bits per heavy atom. The maximum Gasteiger partial charge on any atom is 0.240 e. The molecule has 0 bridgehead atoms. The molecule has 0 amide bonds. The third-order valence-corrected chi connectivity index (χ3v) is 4.41. The molecule has 21 heavy (non-hydrogen) atoms. The van der Waals surface area contributed by atoms with Gasteiger partial charge in [-0.05, 0) is 43.7 Å². The maximum atomic E-state index is 5.38. The van der Waals surface area contributed by atoms with Gasteiger partial charge in [-0.1, -0.05) is 36.3 Å². The van der Waals surface area contributed by atoms with Gasteiger partial charge in [-0.25, -0.2) is 0 Å². The SMILES string of the molecule is CCC(C)NCc1nc(C2CCc3ccccc3C2)no1. The molecule has 1 aliphatic rings. The lowest BCUT2D eigenvalue weighted by Gasteiger charge is -2.21. The number of benzene rings is 1. The molecule has 4 heteroatoms. The molecule has 1 aliphatic carbocycles. The summed E-state index contributed by atoms with van der Waals surface area (Å²) in [5.74, 6) is 1.95. The Bertz CT molecular complexity index is 593. The van der Waals surface area contributed by atoms with Crippen molar-refractivity contribution in [2.75, 3.05) is 0 Å². The second kappa shape index (κ2) is 6.39. The summed E-state index contributed by atoms with van der Waals surface area (Å²) in [5, 5.41) is 7.57. The van der Waals surface area contributed by atoms with Crippen molar-refractivity contribution in [2.24, 2.45) is 0 Å². The molecule has 0 saturated heterocycles. The van der Waals surface area contributed by atoms with Gasteiger partial charge in [0.05, 0.1) is 6.54 Å². The zero-order valence-electron chi connectivity index (χ0n) is 12.8. The first-order chi connectivity index (χ1) is 10.3. The van der Waals surface area contributed by atoms with Crippen molar-refractivity contribution in [3.05, 3.63) is 47.1 Å². The van der Waals surface area contributed by atoms with Gasteiger partial charge in [0.2, 0.25) is 5.89 Å². The first-order valence-electron chi connectivity index (χ1n) is 7.89. The Labute approximate surface area is 126 Å². The van der Waals surface area contributed by atoms with E-state index in [1.54, 1.807) is 0 Å². The topological polar surface area (TPSA) is 51.0 Å². The van der Waals surface area contributed by atoms with E-state index in [2.05, 4.69) is 53.6 Å². The number of aromatic nitrogens is 2. The van der Waals surface area contributed by atoms with Crippen LogP contribution in [0.3, 0.4) is 0 Å². The van der Waals surface area contributed by atoms with Crippen LogP contribution in [0.4, 0.5) is 0 Å². The van der Waals surface area contributed by atoms with Crippen LogP contribution in [0.5, 0.6) is 0 Å². The molecule has 1 aromatic heterocycles. The van der Waals surface area contributed by atoms with E-state index < -0.39 is 0 Å². The van der Waals surface area contributed by atoms with Crippen LogP contribution in [0.1, 0.15) is 55.4 Å². The molecule has 1 heterocycles. The standard InChI is InChI=1S/C17H23N3O/c1-3-12(2)18-11-16-19-17(20-21-16)15-9-8-13-6-4-5-7-14(13)10-15/h4-7,12,15,18H,3,8-11H2,1-2H3. The molecule has 1 N–H and O–H groups in total. The minimum absolute atomic E-state index is 0.390. The summed E-state index contributed by atoms with van der Waals surface area (Å²) in [4.78, 5) is 4.57. The minimum Gasteiger partial charge on any atom is -0.338 e. The average molecular weight is 285 g/mol. The Morgan fingerprint density at radius 2 is 2.14 bits per heavy atom. The summed E-state index contributed by atoms with van der Waals surface area (Å²) in [6, 6.07) is 9.14. The smallest absolute Gasteiger partial charge is 0.240 e. The second-order valence-electron chi connectivity index (χ2n) is 5.94. The summed E-state index contributed by atoms with van der Waals surface area (Å²) < 4.78 is 5.38. The van der Waals surface area contributed by atoms with Gasteiger partial charge < -0.3 is 9.84 Å². The van der Waals surface area contributed by atoms with Crippen molar-refractivity contribution in [3.8, 4) is 0 Å². The molecule has 2 aromatic rings. The molecule has 2 atom stereocenters. The Morgan fingerprint density at radius 3 is 2.95 bits per heavy atom. The van der Waals surface area contributed by atoms with E-state index in [9.17, 15) is 0 Å². The van der Waals surface area contributed by atoms with E-state index in [4.69, 9.17) is 4.52 Å². The Hall–Kier alpha value is -1.68. The van der Waals surface area contributed by atoms with Crippen molar-refractivity contribution < 1.29 is 4.52 Å². The van der Waals surface area contributed by atoms with Crippen LogP contribution in [0.2, 0.25) is 0 Å². The van der Waals surface area contributed by atoms with Gasteiger partial charge >= 0.3 is 0 Å². The average Bonchev–Trinajstić information content (AvgIpc) is 3.01. The van der Waals surface area contributed by atoms with E-state index in [1.165, 1.54) is 11.1 Å². The Balaban J connectivity index is 1.65. The zero-order valence-corrected chi connectivity index (χ0v) is 12.8. The fourth-order valence-electron chi connectivity index (χ4n) is 2.83.